The van der Waals surface area contributed by atoms with Crippen LogP contribution in [0, 0.1) is 11.8 Å². The van der Waals surface area contributed by atoms with Gasteiger partial charge in [0.2, 0.25) is 5.91 Å². The first-order chi connectivity index (χ1) is 13.0. The predicted molar refractivity (Wildman–Crippen MR) is 108 cm³/mol. The monoisotopic (exact) mass is 386 g/mol. The van der Waals surface area contributed by atoms with E-state index >= 15 is 0 Å². The van der Waals surface area contributed by atoms with Crippen LogP contribution in [-0.4, -0.2) is 28.9 Å². The van der Waals surface area contributed by atoms with E-state index in [1.165, 1.54) is 12.8 Å². The van der Waals surface area contributed by atoms with Crippen molar-refractivity contribution in [1.29, 1.82) is 0 Å². The van der Waals surface area contributed by atoms with Gasteiger partial charge in [-0.1, -0.05) is 18.5 Å². The smallest absolute Gasteiger partial charge is 0.226 e. The summed E-state index contributed by atoms with van der Waals surface area (Å²) in [6.07, 6.45) is 6.62. The van der Waals surface area contributed by atoms with Crippen LogP contribution < -0.4 is 4.74 Å². The normalized spacial score (nSPS) is 22.6. The van der Waals surface area contributed by atoms with E-state index in [1.54, 1.807) is 7.11 Å². The standard InChI is InChI=1S/C22H27ClN2O2/c1-14-3-7-18(8-4-14)25(22(26)15-5-6-15)13-17-11-16-12-19(27-2)9-10-20(16)24-21(17)23/h9-12,14-15,18H,3-8,13H2,1-2H3. The molecule has 0 radical (unpaired) electrons. The van der Waals surface area contributed by atoms with Crippen LogP contribution in [0.15, 0.2) is 24.3 Å². The number of pyridine rings is 1. The average Bonchev–Trinajstić information content (AvgIpc) is 3.51. The third kappa shape index (κ3) is 4.06. The Morgan fingerprint density at radius 1 is 1.19 bits per heavy atom. The molecule has 144 valence electrons. The van der Waals surface area contributed by atoms with E-state index in [9.17, 15) is 4.79 Å². The minimum absolute atomic E-state index is 0.219. The van der Waals surface area contributed by atoms with Crippen LogP contribution in [0.2, 0.25) is 5.15 Å². The summed E-state index contributed by atoms with van der Waals surface area (Å²) in [5.74, 6) is 2.08. The molecule has 1 aromatic carbocycles. The molecule has 2 aromatic rings. The number of nitrogens with zero attached hydrogens (tertiary/aromatic N) is 2. The Labute approximate surface area is 165 Å². The van der Waals surface area contributed by atoms with Crippen molar-refractivity contribution in [1.82, 2.24) is 9.88 Å². The highest BCUT2D eigenvalue weighted by Crippen LogP contribution is 2.36. The van der Waals surface area contributed by atoms with E-state index in [4.69, 9.17) is 16.3 Å². The van der Waals surface area contributed by atoms with Gasteiger partial charge in [-0.3, -0.25) is 4.79 Å². The molecule has 2 aliphatic carbocycles. The number of hydrogen-bond acceptors (Lipinski definition) is 3. The van der Waals surface area contributed by atoms with Crippen molar-refractivity contribution in [2.24, 2.45) is 11.8 Å². The second-order valence-electron chi connectivity index (χ2n) is 8.15. The first-order valence-corrected chi connectivity index (χ1v) is 10.4. The summed E-state index contributed by atoms with van der Waals surface area (Å²) < 4.78 is 5.33. The lowest BCUT2D eigenvalue weighted by atomic mass is 9.86. The van der Waals surface area contributed by atoms with Crippen LogP contribution in [-0.2, 0) is 11.3 Å². The molecule has 2 saturated carbocycles. The Kier molecular flexibility index (Phi) is 5.27. The van der Waals surface area contributed by atoms with E-state index in [2.05, 4.69) is 22.9 Å². The van der Waals surface area contributed by atoms with Crippen LogP contribution in [0.1, 0.15) is 51.0 Å². The van der Waals surface area contributed by atoms with Gasteiger partial charge in [0.15, 0.2) is 0 Å². The van der Waals surface area contributed by atoms with Gasteiger partial charge in [-0.15, -0.1) is 0 Å². The second-order valence-corrected chi connectivity index (χ2v) is 8.51. The molecule has 0 N–H and O–H groups in total. The lowest BCUT2D eigenvalue weighted by Gasteiger charge is -2.36. The van der Waals surface area contributed by atoms with Crippen molar-refractivity contribution in [2.45, 2.75) is 58.0 Å². The Bertz CT molecular complexity index is 842. The fourth-order valence-corrected chi connectivity index (χ4v) is 4.31. The first-order valence-electron chi connectivity index (χ1n) is 9.99. The lowest BCUT2D eigenvalue weighted by Crippen LogP contribution is -2.42. The van der Waals surface area contributed by atoms with Crippen molar-refractivity contribution in [3.63, 3.8) is 0 Å². The van der Waals surface area contributed by atoms with Gasteiger partial charge in [0.1, 0.15) is 10.9 Å². The fraction of sp³-hybridized carbons (Fsp3) is 0.545. The summed E-state index contributed by atoms with van der Waals surface area (Å²) in [7, 11) is 1.66. The minimum Gasteiger partial charge on any atom is -0.497 e. The minimum atomic E-state index is 0.219. The molecule has 27 heavy (non-hydrogen) atoms. The molecular formula is C22H27ClN2O2. The molecule has 0 spiro atoms. The van der Waals surface area contributed by atoms with Crippen LogP contribution in [0.25, 0.3) is 10.9 Å². The molecule has 4 nitrogen and oxygen atoms in total. The van der Waals surface area contributed by atoms with Gasteiger partial charge in [0.25, 0.3) is 0 Å². The quantitative estimate of drug-likeness (QED) is 0.662. The highest BCUT2D eigenvalue weighted by molar-refractivity contribution is 6.30. The number of rotatable bonds is 5. The zero-order valence-electron chi connectivity index (χ0n) is 16.1. The maximum absolute atomic E-state index is 13.0. The van der Waals surface area contributed by atoms with Crippen molar-refractivity contribution in [3.05, 3.63) is 35.0 Å². The molecule has 1 aromatic heterocycles. The highest BCUT2D eigenvalue weighted by atomic mass is 35.5. The summed E-state index contributed by atoms with van der Waals surface area (Å²) >= 11 is 6.50. The Balaban J connectivity index is 1.63. The first kappa shape index (κ1) is 18.5. The molecule has 4 rings (SSSR count). The predicted octanol–water partition coefficient (Wildman–Crippen LogP) is 5.21. The molecule has 0 bridgehead atoms. The van der Waals surface area contributed by atoms with Gasteiger partial charge in [-0.25, -0.2) is 4.98 Å². The SMILES string of the molecule is COc1ccc2nc(Cl)c(CN(C(=O)C3CC3)C3CCC(C)CC3)cc2c1. The summed E-state index contributed by atoms with van der Waals surface area (Å²) in [6, 6.07) is 8.16. The largest absolute Gasteiger partial charge is 0.497 e. The summed E-state index contributed by atoms with van der Waals surface area (Å²) in [6.45, 7) is 2.86. The van der Waals surface area contributed by atoms with E-state index in [1.807, 2.05) is 18.2 Å². The van der Waals surface area contributed by atoms with Crippen molar-refractivity contribution in [2.75, 3.05) is 7.11 Å². The fourth-order valence-electron chi connectivity index (χ4n) is 4.10. The zero-order valence-corrected chi connectivity index (χ0v) is 16.8. The molecule has 0 atom stereocenters. The van der Waals surface area contributed by atoms with E-state index in [0.717, 1.165) is 53.8 Å². The number of carbonyl (C=O) groups excluding carboxylic acids is 1. The molecule has 1 amide bonds. The number of benzene rings is 1. The van der Waals surface area contributed by atoms with E-state index in [0.29, 0.717) is 23.6 Å². The number of carbonyl (C=O) groups is 1. The van der Waals surface area contributed by atoms with Gasteiger partial charge in [0.05, 0.1) is 12.6 Å². The average molecular weight is 387 g/mol. The van der Waals surface area contributed by atoms with Crippen LogP contribution in [0.3, 0.4) is 0 Å². The van der Waals surface area contributed by atoms with Crippen LogP contribution in [0.4, 0.5) is 0 Å². The zero-order chi connectivity index (χ0) is 19.0. The number of ether oxygens (including phenoxy) is 1. The topological polar surface area (TPSA) is 42.4 Å². The maximum atomic E-state index is 13.0. The molecule has 2 aliphatic rings. The van der Waals surface area contributed by atoms with Gasteiger partial charge in [-0.2, -0.15) is 0 Å². The molecule has 1 heterocycles. The van der Waals surface area contributed by atoms with Gasteiger partial charge in [-0.05, 0) is 68.7 Å². The molecule has 0 aliphatic heterocycles. The molecule has 5 heteroatoms. The van der Waals surface area contributed by atoms with Crippen LogP contribution >= 0.6 is 11.6 Å². The number of fused-ring (bicyclic) bond motifs is 1. The Morgan fingerprint density at radius 3 is 2.59 bits per heavy atom. The van der Waals surface area contributed by atoms with Crippen molar-refractivity contribution in [3.8, 4) is 5.75 Å². The van der Waals surface area contributed by atoms with Gasteiger partial charge in [0, 0.05) is 29.5 Å². The van der Waals surface area contributed by atoms with Gasteiger partial charge < -0.3 is 9.64 Å². The number of methoxy groups -OCH3 is 1. The van der Waals surface area contributed by atoms with Crippen molar-refractivity contribution >= 4 is 28.4 Å². The summed E-state index contributed by atoms with van der Waals surface area (Å²) in [5, 5.41) is 1.48. The second kappa shape index (κ2) is 7.67. The molecule has 2 fully saturated rings. The number of amides is 1. The Morgan fingerprint density at radius 2 is 1.93 bits per heavy atom. The van der Waals surface area contributed by atoms with Crippen molar-refractivity contribution < 1.29 is 9.53 Å². The summed E-state index contributed by atoms with van der Waals surface area (Å²) in [4.78, 5) is 19.7. The number of aromatic nitrogens is 1. The number of hydrogen-bond donors (Lipinski definition) is 0. The third-order valence-electron chi connectivity index (χ3n) is 6.02. The maximum Gasteiger partial charge on any atom is 0.226 e. The van der Waals surface area contributed by atoms with E-state index < -0.39 is 0 Å². The van der Waals surface area contributed by atoms with Crippen LogP contribution in [0.5, 0.6) is 5.75 Å². The lowest BCUT2D eigenvalue weighted by molar-refractivity contribution is -0.136. The summed E-state index contributed by atoms with van der Waals surface area (Å²) in [5.41, 5.74) is 1.76. The molecular weight excluding hydrogens is 360 g/mol. The van der Waals surface area contributed by atoms with Gasteiger partial charge >= 0.3 is 0 Å². The highest BCUT2D eigenvalue weighted by Gasteiger charge is 2.37. The molecule has 0 unspecified atom stereocenters. The molecule has 0 saturated heterocycles. The Hall–Kier alpha value is -1.81. The van der Waals surface area contributed by atoms with E-state index in [-0.39, 0.29) is 5.92 Å². The third-order valence-corrected chi connectivity index (χ3v) is 6.35. The number of halogens is 1.